The predicted molar refractivity (Wildman–Crippen MR) is 285 cm³/mol. The Balaban J connectivity index is 0.995. The van der Waals surface area contributed by atoms with Gasteiger partial charge in [-0.1, -0.05) is 188 Å². The summed E-state index contributed by atoms with van der Waals surface area (Å²) in [6.07, 6.45) is 0. The molecule has 0 N–H and O–H groups in total. The lowest BCUT2D eigenvalue weighted by Gasteiger charge is -2.22. The van der Waals surface area contributed by atoms with Crippen molar-refractivity contribution >= 4 is 129 Å². The van der Waals surface area contributed by atoms with E-state index in [1.165, 1.54) is 123 Å². The van der Waals surface area contributed by atoms with Gasteiger partial charge in [0, 0.05) is 36.5 Å². The highest BCUT2D eigenvalue weighted by Crippen LogP contribution is 2.52. The summed E-state index contributed by atoms with van der Waals surface area (Å²) in [6, 6.07) is 80.9. The molecule has 0 aliphatic carbocycles. The molecule has 2 aromatic heterocycles. The fourth-order valence-electron chi connectivity index (χ4n) is 11.7. The number of furan rings is 1. The van der Waals surface area contributed by atoms with Crippen molar-refractivity contribution in [3.8, 4) is 33.4 Å². The zero-order chi connectivity index (χ0) is 43.0. The first-order valence-electron chi connectivity index (χ1n) is 22.7. The Morgan fingerprint density at radius 1 is 0.242 bits per heavy atom. The first-order chi connectivity index (χ1) is 32.8. The lowest BCUT2D eigenvalue weighted by molar-refractivity contribution is 0.669. The van der Waals surface area contributed by atoms with Gasteiger partial charge >= 0.3 is 0 Å². The van der Waals surface area contributed by atoms with Crippen molar-refractivity contribution in [1.29, 1.82) is 0 Å². The van der Waals surface area contributed by atoms with Gasteiger partial charge in [0.15, 0.2) is 0 Å². The van der Waals surface area contributed by atoms with E-state index in [1.807, 2.05) is 11.3 Å². The zero-order valence-corrected chi connectivity index (χ0v) is 36.4. The molecule has 66 heavy (non-hydrogen) atoms. The first-order valence-corrected chi connectivity index (χ1v) is 23.6. The molecule has 0 spiro atoms. The molecule has 0 aliphatic rings. The monoisotopic (exact) mass is 852 g/mol. The summed E-state index contributed by atoms with van der Waals surface area (Å²) in [5.74, 6) is 0. The molecule has 0 bridgehead atoms. The van der Waals surface area contributed by atoms with Gasteiger partial charge < -0.3 is 4.42 Å². The number of benzene rings is 13. The lowest BCUT2D eigenvalue weighted by Crippen LogP contribution is -1.94. The first kappa shape index (κ1) is 36.1. The third kappa shape index (κ3) is 4.94. The third-order valence-electron chi connectivity index (χ3n) is 14.4. The zero-order valence-electron chi connectivity index (χ0n) is 35.6. The van der Waals surface area contributed by atoms with Gasteiger partial charge in [-0.05, 0) is 134 Å². The minimum absolute atomic E-state index is 0.893. The van der Waals surface area contributed by atoms with Crippen LogP contribution < -0.4 is 0 Å². The Kier molecular flexibility index (Phi) is 7.44. The molecule has 0 saturated carbocycles. The van der Waals surface area contributed by atoms with Crippen molar-refractivity contribution < 1.29 is 4.42 Å². The van der Waals surface area contributed by atoms with Gasteiger partial charge in [-0.15, -0.1) is 11.3 Å². The van der Waals surface area contributed by atoms with Gasteiger partial charge in [0.25, 0.3) is 0 Å². The van der Waals surface area contributed by atoms with Gasteiger partial charge in [-0.25, -0.2) is 0 Å². The number of rotatable bonds is 3. The third-order valence-corrected chi connectivity index (χ3v) is 15.6. The maximum absolute atomic E-state index is 6.89. The smallest absolute Gasteiger partial charge is 0.136 e. The van der Waals surface area contributed by atoms with Crippen LogP contribution in [-0.4, -0.2) is 0 Å². The number of hydrogen-bond acceptors (Lipinski definition) is 2. The van der Waals surface area contributed by atoms with Crippen molar-refractivity contribution in [1.82, 2.24) is 0 Å². The highest BCUT2D eigenvalue weighted by Gasteiger charge is 2.24. The van der Waals surface area contributed by atoms with Crippen molar-refractivity contribution in [2.75, 3.05) is 0 Å². The van der Waals surface area contributed by atoms with Crippen LogP contribution >= 0.6 is 11.3 Å². The summed E-state index contributed by atoms with van der Waals surface area (Å²) in [5, 5.41) is 22.4. The van der Waals surface area contributed by atoms with E-state index < -0.39 is 0 Å². The number of thiophene rings is 1. The molecule has 15 aromatic rings. The molecule has 2 heterocycles. The summed E-state index contributed by atoms with van der Waals surface area (Å²) in [7, 11) is 0. The fraction of sp³-hybridized carbons (Fsp3) is 0. The number of hydrogen-bond donors (Lipinski definition) is 0. The van der Waals surface area contributed by atoms with E-state index in [4.69, 9.17) is 4.42 Å². The van der Waals surface area contributed by atoms with Gasteiger partial charge in [-0.3, -0.25) is 0 Å². The van der Waals surface area contributed by atoms with E-state index in [9.17, 15) is 0 Å². The molecule has 0 aliphatic heterocycles. The van der Waals surface area contributed by atoms with Crippen LogP contribution in [-0.2, 0) is 0 Å². The second kappa shape index (κ2) is 13.6. The Morgan fingerprint density at radius 2 is 0.652 bits per heavy atom. The second-order valence-electron chi connectivity index (χ2n) is 17.8. The maximum atomic E-state index is 6.89. The molecule has 2 heteroatoms. The number of fused-ring (bicyclic) bond motifs is 16. The second-order valence-corrected chi connectivity index (χ2v) is 18.8. The molecule has 0 unspecified atom stereocenters. The lowest BCUT2D eigenvalue weighted by atomic mass is 9.81. The molecule has 13 aromatic carbocycles. The Morgan fingerprint density at radius 3 is 1.20 bits per heavy atom. The van der Waals surface area contributed by atoms with Crippen LogP contribution in [0.15, 0.2) is 223 Å². The van der Waals surface area contributed by atoms with Crippen LogP contribution in [0.1, 0.15) is 0 Å². The quantitative estimate of drug-likeness (QED) is 0.127. The summed E-state index contributed by atoms with van der Waals surface area (Å²) in [6.45, 7) is 0. The molecule has 0 fully saturated rings. The van der Waals surface area contributed by atoms with Crippen LogP contribution in [0.3, 0.4) is 0 Å². The van der Waals surface area contributed by atoms with Gasteiger partial charge in [0.2, 0.25) is 0 Å². The van der Waals surface area contributed by atoms with E-state index in [2.05, 4.69) is 218 Å². The summed E-state index contributed by atoms with van der Waals surface area (Å²) >= 11 is 1.90. The molecular weight excluding hydrogens is 817 g/mol. The molecule has 0 amide bonds. The summed E-state index contributed by atoms with van der Waals surface area (Å²) in [4.78, 5) is 0. The molecular formula is C64H36OS. The Bertz CT molecular complexity index is 4470. The minimum Gasteiger partial charge on any atom is -0.456 e. The van der Waals surface area contributed by atoms with E-state index >= 15 is 0 Å². The highest BCUT2D eigenvalue weighted by atomic mass is 32.1. The molecule has 15 rings (SSSR count). The van der Waals surface area contributed by atoms with Crippen molar-refractivity contribution in [2.24, 2.45) is 0 Å². The van der Waals surface area contributed by atoms with E-state index in [1.54, 1.807) is 0 Å². The van der Waals surface area contributed by atoms with Crippen LogP contribution in [0.2, 0.25) is 0 Å². The predicted octanol–water partition coefficient (Wildman–Crippen LogP) is 19.0. The minimum atomic E-state index is 0.893. The molecule has 0 saturated heterocycles. The van der Waals surface area contributed by atoms with Gasteiger partial charge in [0.1, 0.15) is 11.2 Å². The largest absolute Gasteiger partial charge is 0.456 e. The van der Waals surface area contributed by atoms with Crippen LogP contribution in [0.25, 0.3) is 151 Å². The van der Waals surface area contributed by atoms with Crippen LogP contribution in [0, 0.1) is 0 Å². The Labute approximate surface area is 383 Å². The highest BCUT2D eigenvalue weighted by molar-refractivity contribution is 7.26. The average molecular weight is 853 g/mol. The van der Waals surface area contributed by atoms with Crippen LogP contribution in [0.4, 0.5) is 0 Å². The van der Waals surface area contributed by atoms with Crippen molar-refractivity contribution in [3.63, 3.8) is 0 Å². The van der Waals surface area contributed by atoms with E-state index in [-0.39, 0.29) is 0 Å². The normalized spacial score (nSPS) is 12.2. The molecule has 304 valence electrons. The van der Waals surface area contributed by atoms with Gasteiger partial charge in [0.05, 0.1) is 0 Å². The molecule has 0 atom stereocenters. The Hall–Kier alpha value is -8.30. The van der Waals surface area contributed by atoms with E-state index in [0.717, 1.165) is 27.5 Å². The fourth-order valence-corrected chi connectivity index (χ4v) is 12.9. The topological polar surface area (TPSA) is 13.1 Å². The summed E-state index contributed by atoms with van der Waals surface area (Å²) < 4.78 is 9.54. The SMILES string of the molecule is c1ccc2c(c1)sc1c(-c3c4ccccc4c(-c4c5ccccc5c(-c5ccc6c(c5)oc5cc7c8ccccc8c8ccccc8c7cc56)c5ccccc45)c4ccccc34)cccc12. The van der Waals surface area contributed by atoms with Crippen molar-refractivity contribution in [3.05, 3.63) is 218 Å². The average Bonchev–Trinajstić information content (AvgIpc) is 3.95. The summed E-state index contributed by atoms with van der Waals surface area (Å²) in [5.41, 5.74) is 9.27. The van der Waals surface area contributed by atoms with Gasteiger partial charge in [-0.2, -0.15) is 0 Å². The van der Waals surface area contributed by atoms with Crippen LogP contribution in [0.5, 0.6) is 0 Å². The standard InChI is InChI=1S/C64H36OS/c1-3-18-40-38(16-1)39-17-2-4-19-41(39)55-36-58-56(35-54(40)55)42-33-32-37(34-57(42)65-58)60-44-21-5-9-25-48(44)62(49-26-10-6-22-45(49)60)63-50-27-11-7-23-46(50)61(47-24-8-12-28-51(47)63)53-30-15-29-52-43-20-13-14-31-59(43)66-64(52)53/h1-36H. The van der Waals surface area contributed by atoms with E-state index in [0.29, 0.717) is 0 Å². The maximum Gasteiger partial charge on any atom is 0.136 e. The molecule has 1 nitrogen and oxygen atoms in total. The molecule has 0 radical (unpaired) electrons. The van der Waals surface area contributed by atoms with Crippen molar-refractivity contribution in [2.45, 2.75) is 0 Å².